The number of fused-ring (bicyclic) bond motifs is 2. The third-order valence-electron chi connectivity index (χ3n) is 6.58. The average molecular weight is 423 g/mol. The van der Waals surface area contributed by atoms with Crippen LogP contribution in [-0.2, 0) is 0 Å². The fourth-order valence-corrected chi connectivity index (χ4v) is 4.77. The molecule has 3 heterocycles. The van der Waals surface area contributed by atoms with E-state index in [-0.39, 0.29) is 10.7 Å². The SMILES string of the molecule is N[N+]12C=CN=CC1=C(CC1CC(O)C1)N=C2c1ccc2ccc(-c3ccccc3)nc2c1. The topological polar surface area (TPSA) is 83.9 Å². The number of quaternary nitrogens is 1. The fourth-order valence-electron chi connectivity index (χ4n) is 4.77. The number of nitrogens with two attached hydrogens (primary N) is 1. The Morgan fingerprint density at radius 2 is 1.81 bits per heavy atom. The lowest BCUT2D eigenvalue weighted by Crippen LogP contribution is -2.53. The van der Waals surface area contributed by atoms with Gasteiger partial charge in [-0.05, 0) is 43.4 Å². The molecule has 0 spiro atoms. The zero-order valence-corrected chi connectivity index (χ0v) is 17.6. The molecule has 0 bridgehead atoms. The highest BCUT2D eigenvalue weighted by atomic mass is 16.3. The number of aliphatic hydroxyl groups is 1. The van der Waals surface area contributed by atoms with Gasteiger partial charge in [0.1, 0.15) is 11.9 Å². The molecular formula is C26H24N5O+. The van der Waals surface area contributed by atoms with Crippen molar-refractivity contribution in [1.29, 1.82) is 0 Å². The van der Waals surface area contributed by atoms with Crippen molar-refractivity contribution in [2.24, 2.45) is 21.7 Å². The van der Waals surface area contributed by atoms with E-state index in [9.17, 15) is 5.11 Å². The van der Waals surface area contributed by atoms with Crippen LogP contribution >= 0.6 is 0 Å². The van der Waals surface area contributed by atoms with E-state index >= 15 is 0 Å². The molecule has 6 heteroatoms. The minimum atomic E-state index is -0.183. The number of aromatic nitrogens is 1. The summed E-state index contributed by atoms with van der Waals surface area (Å²) in [5.41, 5.74) is 5.73. The number of nitrogens with zero attached hydrogens (tertiary/aromatic N) is 4. The number of aliphatic hydroxyl groups excluding tert-OH is 1. The standard InChI is InChI=1S/C26H24N5O/c27-31-11-10-28-16-25(31)24(14-17-12-21(32)13-17)30-26(31)20-7-6-19-8-9-22(29-23(19)15-20)18-4-2-1-3-5-18/h1-11,15-17,21,32H,12-14,27H2/q+1. The smallest absolute Gasteiger partial charge is 0.264 e. The number of benzene rings is 2. The molecule has 6 nitrogen and oxygen atoms in total. The van der Waals surface area contributed by atoms with Gasteiger partial charge in [0.25, 0.3) is 5.84 Å². The lowest BCUT2D eigenvalue weighted by atomic mass is 9.79. The predicted octanol–water partition coefficient (Wildman–Crippen LogP) is 4.28. The number of pyridine rings is 1. The van der Waals surface area contributed by atoms with Crippen molar-refractivity contribution in [3.63, 3.8) is 0 Å². The van der Waals surface area contributed by atoms with Crippen LogP contribution in [0, 0.1) is 5.92 Å². The molecule has 2 aliphatic heterocycles. The third-order valence-corrected chi connectivity index (χ3v) is 6.58. The van der Waals surface area contributed by atoms with E-state index in [4.69, 9.17) is 15.8 Å². The van der Waals surface area contributed by atoms with Crippen molar-refractivity contribution in [3.8, 4) is 11.3 Å². The lowest BCUT2D eigenvalue weighted by molar-refractivity contribution is -0.750. The highest BCUT2D eigenvalue weighted by molar-refractivity contribution is 6.02. The van der Waals surface area contributed by atoms with Gasteiger partial charge < -0.3 is 5.11 Å². The van der Waals surface area contributed by atoms with Gasteiger partial charge in [-0.15, -0.1) is 4.59 Å². The van der Waals surface area contributed by atoms with Crippen LogP contribution in [0.1, 0.15) is 24.8 Å². The van der Waals surface area contributed by atoms with Crippen LogP contribution in [-0.4, -0.2) is 32.8 Å². The van der Waals surface area contributed by atoms with Gasteiger partial charge in [0.2, 0.25) is 5.70 Å². The maximum absolute atomic E-state index is 9.69. The number of aliphatic imine (C=N–C) groups is 2. The molecule has 1 fully saturated rings. The Hall–Kier alpha value is -3.45. The first kappa shape index (κ1) is 19.3. The van der Waals surface area contributed by atoms with Crippen LogP contribution in [0.2, 0.25) is 0 Å². The Morgan fingerprint density at radius 3 is 2.62 bits per heavy atom. The van der Waals surface area contributed by atoms with Crippen LogP contribution < -0.4 is 5.84 Å². The first-order valence-electron chi connectivity index (χ1n) is 11.0. The molecule has 1 unspecified atom stereocenters. The summed E-state index contributed by atoms with van der Waals surface area (Å²) in [7, 11) is 0. The summed E-state index contributed by atoms with van der Waals surface area (Å²) in [5.74, 6) is 8.07. The second kappa shape index (κ2) is 7.31. The summed E-state index contributed by atoms with van der Waals surface area (Å²) in [6.07, 6.45) is 7.67. The van der Waals surface area contributed by atoms with Gasteiger partial charge in [-0.25, -0.2) is 4.98 Å². The quantitative estimate of drug-likeness (QED) is 0.486. The molecule has 1 saturated carbocycles. The van der Waals surface area contributed by atoms with Crippen LogP contribution in [0.5, 0.6) is 0 Å². The van der Waals surface area contributed by atoms with Crippen molar-refractivity contribution in [1.82, 2.24) is 4.98 Å². The summed E-state index contributed by atoms with van der Waals surface area (Å²) >= 11 is 0. The maximum atomic E-state index is 9.69. The monoisotopic (exact) mass is 422 g/mol. The van der Waals surface area contributed by atoms with E-state index in [1.807, 2.05) is 30.6 Å². The summed E-state index contributed by atoms with van der Waals surface area (Å²) in [4.78, 5) is 14.2. The molecule has 3 N–H and O–H groups in total. The molecule has 1 aliphatic carbocycles. The van der Waals surface area contributed by atoms with Gasteiger partial charge in [-0.2, -0.15) is 10.8 Å². The number of allylic oxidation sites excluding steroid dienone is 2. The van der Waals surface area contributed by atoms with E-state index in [0.717, 1.165) is 64.2 Å². The maximum Gasteiger partial charge on any atom is 0.264 e. The highest BCUT2D eigenvalue weighted by Crippen LogP contribution is 2.39. The summed E-state index contributed by atoms with van der Waals surface area (Å²) in [5, 5.41) is 10.8. The first-order valence-corrected chi connectivity index (χ1v) is 11.0. The highest BCUT2D eigenvalue weighted by Gasteiger charge is 2.45. The van der Waals surface area contributed by atoms with E-state index in [2.05, 4.69) is 47.5 Å². The second-order valence-electron chi connectivity index (χ2n) is 8.79. The molecule has 158 valence electrons. The lowest BCUT2D eigenvalue weighted by Gasteiger charge is -2.31. The van der Waals surface area contributed by atoms with Crippen molar-refractivity contribution in [3.05, 3.63) is 90.0 Å². The largest absolute Gasteiger partial charge is 0.393 e. The van der Waals surface area contributed by atoms with Crippen molar-refractivity contribution >= 4 is 23.0 Å². The summed E-state index contributed by atoms with van der Waals surface area (Å²) in [6, 6.07) is 20.5. The van der Waals surface area contributed by atoms with E-state index in [1.165, 1.54) is 0 Å². The van der Waals surface area contributed by atoms with Gasteiger partial charge in [0.15, 0.2) is 0 Å². The Balaban J connectivity index is 1.40. The fraction of sp³-hybridized carbons (Fsp3) is 0.192. The number of rotatable bonds is 4. The van der Waals surface area contributed by atoms with Crippen molar-refractivity contribution < 1.29 is 9.70 Å². The molecule has 0 saturated heterocycles. The molecule has 1 atom stereocenters. The summed E-state index contributed by atoms with van der Waals surface area (Å²) in [6.45, 7) is 0. The molecule has 3 aliphatic rings. The van der Waals surface area contributed by atoms with Gasteiger partial charge in [0.05, 0.1) is 35.3 Å². The van der Waals surface area contributed by atoms with E-state index < -0.39 is 0 Å². The molecule has 0 radical (unpaired) electrons. The molecule has 3 aromatic rings. The Kier molecular flexibility index (Phi) is 4.40. The first-order chi connectivity index (χ1) is 15.6. The normalized spacial score (nSPS) is 26.2. The van der Waals surface area contributed by atoms with E-state index in [1.54, 1.807) is 6.20 Å². The molecule has 32 heavy (non-hydrogen) atoms. The zero-order chi connectivity index (χ0) is 21.7. The number of hydrogen-bond donors (Lipinski definition) is 2. The summed E-state index contributed by atoms with van der Waals surface area (Å²) < 4.78 is 0.0119. The van der Waals surface area contributed by atoms with Crippen LogP contribution in [0.25, 0.3) is 22.2 Å². The number of amidine groups is 1. The van der Waals surface area contributed by atoms with Gasteiger partial charge >= 0.3 is 0 Å². The van der Waals surface area contributed by atoms with Crippen LogP contribution in [0.4, 0.5) is 0 Å². The second-order valence-corrected chi connectivity index (χ2v) is 8.79. The molecule has 2 aromatic carbocycles. The molecule has 6 rings (SSSR count). The Labute approximate surface area is 186 Å². The molecular weight excluding hydrogens is 398 g/mol. The molecule has 1 aromatic heterocycles. The minimum absolute atomic E-state index is 0.0119. The average Bonchev–Trinajstić information content (AvgIpc) is 3.10. The Bertz CT molecular complexity index is 1330. The van der Waals surface area contributed by atoms with Crippen molar-refractivity contribution in [2.75, 3.05) is 0 Å². The molecule has 0 amide bonds. The van der Waals surface area contributed by atoms with Crippen LogP contribution in [0.3, 0.4) is 0 Å². The van der Waals surface area contributed by atoms with Gasteiger partial charge in [-0.1, -0.05) is 42.5 Å². The zero-order valence-electron chi connectivity index (χ0n) is 17.6. The van der Waals surface area contributed by atoms with Gasteiger partial charge in [-0.3, -0.25) is 4.99 Å². The van der Waals surface area contributed by atoms with E-state index in [0.29, 0.717) is 5.92 Å². The van der Waals surface area contributed by atoms with Crippen LogP contribution in [0.15, 0.2) is 94.4 Å². The minimum Gasteiger partial charge on any atom is -0.393 e. The van der Waals surface area contributed by atoms with Crippen molar-refractivity contribution in [2.45, 2.75) is 25.4 Å². The predicted molar refractivity (Wildman–Crippen MR) is 126 cm³/mol. The third kappa shape index (κ3) is 3.12. The van der Waals surface area contributed by atoms with Gasteiger partial charge in [0, 0.05) is 10.9 Å². The Morgan fingerprint density at radius 1 is 1.00 bits per heavy atom. The number of hydrogen-bond acceptors (Lipinski definition) is 5.